The highest BCUT2D eigenvalue weighted by Crippen LogP contribution is 2.22. The van der Waals surface area contributed by atoms with Crippen LogP contribution >= 0.6 is 0 Å². The molecule has 2 heteroatoms. The Balaban J connectivity index is 2.32. The predicted molar refractivity (Wildman–Crippen MR) is 59.3 cm³/mol. The second-order valence-corrected chi connectivity index (χ2v) is 5.07. The second kappa shape index (κ2) is 4.92. The third-order valence-electron chi connectivity index (χ3n) is 3.18. The molecular weight excluding hydrogens is 174 g/mol. The van der Waals surface area contributed by atoms with Crippen LogP contribution in [0.1, 0.15) is 40.5 Å². The Morgan fingerprint density at radius 3 is 2.43 bits per heavy atom. The fourth-order valence-corrected chi connectivity index (χ4v) is 2.02. The molecule has 14 heavy (non-hydrogen) atoms. The summed E-state index contributed by atoms with van der Waals surface area (Å²) in [7, 11) is 0. The van der Waals surface area contributed by atoms with Gasteiger partial charge < -0.3 is 4.90 Å². The fourth-order valence-electron chi connectivity index (χ4n) is 2.02. The van der Waals surface area contributed by atoms with E-state index >= 15 is 0 Å². The van der Waals surface area contributed by atoms with Gasteiger partial charge in [-0.1, -0.05) is 13.8 Å². The quantitative estimate of drug-likeness (QED) is 0.689. The SMILES string of the molecule is CC(C)C(=O)CC1CCN(C(C)C)C1. The highest BCUT2D eigenvalue weighted by atomic mass is 16.1. The van der Waals surface area contributed by atoms with E-state index < -0.39 is 0 Å². The van der Waals surface area contributed by atoms with Crippen LogP contribution in [0.5, 0.6) is 0 Å². The summed E-state index contributed by atoms with van der Waals surface area (Å²) in [5.41, 5.74) is 0. The third kappa shape index (κ3) is 3.09. The predicted octanol–water partition coefficient (Wildman–Crippen LogP) is 2.33. The van der Waals surface area contributed by atoms with E-state index in [9.17, 15) is 4.79 Å². The number of hydrogen-bond acceptors (Lipinski definition) is 2. The molecule has 2 nitrogen and oxygen atoms in total. The molecule has 0 aliphatic carbocycles. The van der Waals surface area contributed by atoms with Crippen molar-refractivity contribution < 1.29 is 4.79 Å². The molecule has 1 fully saturated rings. The summed E-state index contributed by atoms with van der Waals surface area (Å²) < 4.78 is 0. The summed E-state index contributed by atoms with van der Waals surface area (Å²) in [6.07, 6.45) is 2.00. The largest absolute Gasteiger partial charge is 0.301 e. The summed E-state index contributed by atoms with van der Waals surface area (Å²) in [5.74, 6) is 1.26. The molecule has 1 aliphatic rings. The fraction of sp³-hybridized carbons (Fsp3) is 0.917. The van der Waals surface area contributed by atoms with Gasteiger partial charge in [0.05, 0.1) is 0 Å². The third-order valence-corrected chi connectivity index (χ3v) is 3.18. The molecule has 1 heterocycles. The molecule has 1 aliphatic heterocycles. The van der Waals surface area contributed by atoms with Crippen LogP contribution < -0.4 is 0 Å². The number of likely N-dealkylation sites (tertiary alicyclic amines) is 1. The lowest BCUT2D eigenvalue weighted by Gasteiger charge is -2.20. The zero-order valence-corrected chi connectivity index (χ0v) is 9.92. The average molecular weight is 197 g/mol. The van der Waals surface area contributed by atoms with E-state index in [2.05, 4.69) is 18.7 Å². The first kappa shape index (κ1) is 11.7. The van der Waals surface area contributed by atoms with Gasteiger partial charge >= 0.3 is 0 Å². The molecule has 0 radical (unpaired) electrons. The average Bonchev–Trinajstić information content (AvgIpc) is 2.52. The molecule has 0 aromatic rings. The minimum absolute atomic E-state index is 0.211. The van der Waals surface area contributed by atoms with Gasteiger partial charge in [-0.05, 0) is 32.7 Å². The molecule has 0 aromatic carbocycles. The van der Waals surface area contributed by atoms with Crippen molar-refractivity contribution in [1.29, 1.82) is 0 Å². The van der Waals surface area contributed by atoms with Crippen LogP contribution in [0.25, 0.3) is 0 Å². The second-order valence-electron chi connectivity index (χ2n) is 5.07. The van der Waals surface area contributed by atoms with Crippen molar-refractivity contribution in [1.82, 2.24) is 4.90 Å². The van der Waals surface area contributed by atoms with E-state index in [1.54, 1.807) is 0 Å². The van der Waals surface area contributed by atoms with Crippen molar-refractivity contribution >= 4 is 5.78 Å². The summed E-state index contributed by atoms with van der Waals surface area (Å²) >= 11 is 0. The van der Waals surface area contributed by atoms with Crippen molar-refractivity contribution in [3.05, 3.63) is 0 Å². The van der Waals surface area contributed by atoms with Gasteiger partial charge in [0.25, 0.3) is 0 Å². The van der Waals surface area contributed by atoms with Gasteiger partial charge in [0.2, 0.25) is 0 Å². The maximum atomic E-state index is 11.6. The van der Waals surface area contributed by atoms with Crippen LogP contribution in [-0.2, 0) is 4.79 Å². The van der Waals surface area contributed by atoms with Crippen LogP contribution in [0.2, 0.25) is 0 Å². The van der Waals surface area contributed by atoms with Crippen LogP contribution in [-0.4, -0.2) is 29.8 Å². The van der Waals surface area contributed by atoms with E-state index in [-0.39, 0.29) is 5.92 Å². The molecule has 0 N–H and O–H groups in total. The molecule has 1 atom stereocenters. The Bertz CT molecular complexity index is 198. The van der Waals surface area contributed by atoms with Gasteiger partial charge in [-0.15, -0.1) is 0 Å². The molecule has 0 amide bonds. The molecule has 0 bridgehead atoms. The van der Waals surface area contributed by atoms with Crippen molar-refractivity contribution in [2.75, 3.05) is 13.1 Å². The Hall–Kier alpha value is -0.370. The molecule has 0 aromatic heterocycles. The molecule has 1 rings (SSSR count). The first-order chi connectivity index (χ1) is 6.50. The first-order valence-electron chi connectivity index (χ1n) is 5.77. The molecular formula is C12H23NO. The lowest BCUT2D eigenvalue weighted by molar-refractivity contribution is -0.122. The smallest absolute Gasteiger partial charge is 0.135 e. The minimum Gasteiger partial charge on any atom is -0.301 e. The van der Waals surface area contributed by atoms with Crippen molar-refractivity contribution in [3.8, 4) is 0 Å². The van der Waals surface area contributed by atoms with E-state index in [1.165, 1.54) is 13.0 Å². The Morgan fingerprint density at radius 1 is 1.36 bits per heavy atom. The van der Waals surface area contributed by atoms with Crippen LogP contribution in [0.4, 0.5) is 0 Å². The maximum Gasteiger partial charge on any atom is 0.135 e. The highest BCUT2D eigenvalue weighted by Gasteiger charge is 2.26. The van der Waals surface area contributed by atoms with Crippen LogP contribution in [0.15, 0.2) is 0 Å². The number of ketones is 1. The normalized spacial score (nSPS) is 23.7. The molecule has 1 saturated heterocycles. The number of rotatable bonds is 4. The summed E-state index contributed by atoms with van der Waals surface area (Å²) in [4.78, 5) is 14.0. The monoisotopic (exact) mass is 197 g/mol. The number of carbonyl (C=O) groups excluding carboxylic acids is 1. The Morgan fingerprint density at radius 2 is 2.00 bits per heavy atom. The van der Waals surface area contributed by atoms with Gasteiger partial charge in [0, 0.05) is 24.9 Å². The summed E-state index contributed by atoms with van der Waals surface area (Å²) in [5, 5.41) is 0. The Labute approximate surface area is 87.7 Å². The van der Waals surface area contributed by atoms with E-state index in [0.29, 0.717) is 17.7 Å². The van der Waals surface area contributed by atoms with Gasteiger partial charge in [0.15, 0.2) is 0 Å². The summed E-state index contributed by atoms with van der Waals surface area (Å²) in [6.45, 7) is 10.7. The van der Waals surface area contributed by atoms with E-state index in [1.807, 2.05) is 13.8 Å². The maximum absolute atomic E-state index is 11.6. The molecule has 0 spiro atoms. The number of carbonyl (C=O) groups is 1. The number of nitrogens with zero attached hydrogens (tertiary/aromatic N) is 1. The van der Waals surface area contributed by atoms with Crippen molar-refractivity contribution in [2.45, 2.75) is 46.6 Å². The van der Waals surface area contributed by atoms with E-state index in [0.717, 1.165) is 13.0 Å². The number of Topliss-reactive ketones (excluding diaryl/α,β-unsaturated/α-hetero) is 1. The topological polar surface area (TPSA) is 20.3 Å². The van der Waals surface area contributed by atoms with Crippen LogP contribution in [0, 0.1) is 11.8 Å². The highest BCUT2D eigenvalue weighted by molar-refractivity contribution is 5.80. The van der Waals surface area contributed by atoms with Gasteiger partial charge in [0.1, 0.15) is 5.78 Å². The van der Waals surface area contributed by atoms with E-state index in [4.69, 9.17) is 0 Å². The standard InChI is InChI=1S/C12H23NO/c1-9(2)12(14)7-11-5-6-13(8-11)10(3)4/h9-11H,5-8H2,1-4H3. The number of hydrogen-bond donors (Lipinski definition) is 0. The Kier molecular flexibility index (Phi) is 4.11. The van der Waals surface area contributed by atoms with Gasteiger partial charge in [-0.25, -0.2) is 0 Å². The van der Waals surface area contributed by atoms with Gasteiger partial charge in [-0.2, -0.15) is 0 Å². The first-order valence-corrected chi connectivity index (χ1v) is 5.77. The molecule has 1 unspecified atom stereocenters. The van der Waals surface area contributed by atoms with Crippen LogP contribution in [0.3, 0.4) is 0 Å². The zero-order valence-electron chi connectivity index (χ0n) is 9.92. The molecule has 0 saturated carbocycles. The molecule has 82 valence electrons. The lowest BCUT2D eigenvalue weighted by Crippen LogP contribution is -2.28. The zero-order chi connectivity index (χ0) is 10.7. The lowest BCUT2D eigenvalue weighted by atomic mass is 9.96. The van der Waals surface area contributed by atoms with Gasteiger partial charge in [-0.3, -0.25) is 4.79 Å². The van der Waals surface area contributed by atoms with Crippen molar-refractivity contribution in [3.63, 3.8) is 0 Å². The minimum atomic E-state index is 0.211. The van der Waals surface area contributed by atoms with Crippen molar-refractivity contribution in [2.24, 2.45) is 11.8 Å². The summed E-state index contributed by atoms with van der Waals surface area (Å²) in [6, 6.07) is 0.633.